The maximum Gasteiger partial charge on any atom is 0.360 e. The summed E-state index contributed by atoms with van der Waals surface area (Å²) in [5.74, 6) is -1.23. The van der Waals surface area contributed by atoms with Gasteiger partial charge in [-0.2, -0.15) is 0 Å². The van der Waals surface area contributed by atoms with E-state index in [1.165, 1.54) is 6.07 Å². The van der Waals surface area contributed by atoms with Crippen LogP contribution in [-0.4, -0.2) is 35.9 Å². The van der Waals surface area contributed by atoms with Crippen LogP contribution in [0.15, 0.2) is 23.1 Å². The molecule has 0 unspecified atom stereocenters. The van der Waals surface area contributed by atoms with Crippen LogP contribution in [0.2, 0.25) is 0 Å². The molecule has 0 amide bonds. The number of nitro groups is 1. The van der Waals surface area contributed by atoms with Gasteiger partial charge in [0.2, 0.25) is 5.69 Å². The zero-order valence-electron chi connectivity index (χ0n) is 11.7. The number of aryl methyl sites for hydroxylation is 1. The minimum absolute atomic E-state index is 0.0683. The molecule has 10 heteroatoms. The van der Waals surface area contributed by atoms with Gasteiger partial charge in [-0.3, -0.25) is 14.9 Å². The van der Waals surface area contributed by atoms with Gasteiger partial charge in [-0.05, 0) is 13.0 Å². The SMILES string of the molecule is Cc1c[nH]c(-c2cc3nc(C(=O)O)c(=O)[nH]c3cc2[N+](=O)[O-])n1. The number of nitrogens with zero attached hydrogens (tertiary/aromatic N) is 3. The van der Waals surface area contributed by atoms with Crippen LogP contribution < -0.4 is 5.56 Å². The Labute approximate surface area is 127 Å². The monoisotopic (exact) mass is 315 g/mol. The van der Waals surface area contributed by atoms with E-state index in [9.17, 15) is 19.7 Å². The molecular formula is C13H9N5O5. The quantitative estimate of drug-likeness (QED) is 0.484. The van der Waals surface area contributed by atoms with E-state index in [0.29, 0.717) is 5.69 Å². The average molecular weight is 315 g/mol. The van der Waals surface area contributed by atoms with E-state index in [0.717, 1.165) is 6.07 Å². The molecule has 0 saturated carbocycles. The predicted octanol–water partition coefficient (Wildman–Crippen LogP) is 1.23. The van der Waals surface area contributed by atoms with E-state index >= 15 is 0 Å². The first kappa shape index (κ1) is 14.4. The Kier molecular flexibility index (Phi) is 3.14. The van der Waals surface area contributed by atoms with Crippen LogP contribution in [-0.2, 0) is 0 Å². The second kappa shape index (κ2) is 5.02. The molecule has 0 spiro atoms. The molecule has 0 aliphatic heterocycles. The molecule has 2 heterocycles. The number of nitrogens with one attached hydrogen (secondary N) is 2. The predicted molar refractivity (Wildman–Crippen MR) is 78.3 cm³/mol. The fourth-order valence-corrected chi connectivity index (χ4v) is 2.16. The molecule has 3 N–H and O–H groups in total. The number of benzene rings is 1. The molecule has 0 saturated heterocycles. The molecule has 0 bridgehead atoms. The summed E-state index contributed by atoms with van der Waals surface area (Å²) >= 11 is 0. The summed E-state index contributed by atoms with van der Waals surface area (Å²) in [4.78, 5) is 46.2. The summed E-state index contributed by atoms with van der Waals surface area (Å²) in [5.41, 5.74) is -0.946. The molecule has 0 fully saturated rings. The highest BCUT2D eigenvalue weighted by Crippen LogP contribution is 2.30. The van der Waals surface area contributed by atoms with E-state index in [-0.39, 0.29) is 28.1 Å². The summed E-state index contributed by atoms with van der Waals surface area (Å²) in [6, 6.07) is 2.44. The molecule has 3 aromatic rings. The van der Waals surface area contributed by atoms with Crippen LogP contribution in [0.1, 0.15) is 16.2 Å². The van der Waals surface area contributed by atoms with Crippen molar-refractivity contribution in [3.8, 4) is 11.4 Å². The van der Waals surface area contributed by atoms with Crippen molar-refractivity contribution in [1.29, 1.82) is 0 Å². The van der Waals surface area contributed by atoms with Gasteiger partial charge in [-0.1, -0.05) is 0 Å². The van der Waals surface area contributed by atoms with Crippen molar-refractivity contribution in [3.05, 3.63) is 50.2 Å². The van der Waals surface area contributed by atoms with Crippen LogP contribution in [0, 0.1) is 17.0 Å². The van der Waals surface area contributed by atoms with Crippen LogP contribution in [0.4, 0.5) is 5.69 Å². The third-order valence-electron chi connectivity index (χ3n) is 3.17. The van der Waals surface area contributed by atoms with E-state index < -0.39 is 22.1 Å². The van der Waals surface area contributed by atoms with Crippen molar-refractivity contribution in [2.45, 2.75) is 6.92 Å². The summed E-state index contributed by atoms with van der Waals surface area (Å²) in [6.45, 7) is 1.71. The molecule has 0 aliphatic rings. The van der Waals surface area contributed by atoms with Crippen molar-refractivity contribution in [2.75, 3.05) is 0 Å². The van der Waals surface area contributed by atoms with E-state index in [1.54, 1.807) is 13.1 Å². The number of carboxylic acid groups (broad SMARTS) is 1. The number of fused-ring (bicyclic) bond motifs is 1. The zero-order valence-corrected chi connectivity index (χ0v) is 11.7. The van der Waals surface area contributed by atoms with Crippen LogP contribution >= 0.6 is 0 Å². The Morgan fingerprint density at radius 3 is 2.65 bits per heavy atom. The van der Waals surface area contributed by atoms with Crippen molar-refractivity contribution >= 4 is 22.7 Å². The zero-order chi connectivity index (χ0) is 16.7. The fourth-order valence-electron chi connectivity index (χ4n) is 2.16. The maximum absolute atomic E-state index is 11.6. The normalized spacial score (nSPS) is 10.8. The van der Waals surface area contributed by atoms with Gasteiger partial charge >= 0.3 is 5.97 Å². The molecule has 0 radical (unpaired) electrons. The molecule has 116 valence electrons. The first-order valence-electron chi connectivity index (χ1n) is 6.35. The van der Waals surface area contributed by atoms with Gasteiger partial charge in [0.25, 0.3) is 11.2 Å². The second-order valence-corrected chi connectivity index (χ2v) is 4.75. The topological polar surface area (TPSA) is 155 Å². The lowest BCUT2D eigenvalue weighted by molar-refractivity contribution is -0.384. The second-order valence-electron chi connectivity index (χ2n) is 4.75. The van der Waals surface area contributed by atoms with Crippen molar-refractivity contribution in [2.24, 2.45) is 0 Å². The number of imidazole rings is 1. The van der Waals surface area contributed by atoms with Crippen LogP contribution in [0.3, 0.4) is 0 Å². The number of carbonyl (C=O) groups is 1. The number of aromatic carboxylic acids is 1. The molecule has 1 aromatic carbocycles. The maximum atomic E-state index is 11.6. The minimum atomic E-state index is -1.48. The lowest BCUT2D eigenvalue weighted by atomic mass is 10.1. The highest BCUT2D eigenvalue weighted by atomic mass is 16.6. The smallest absolute Gasteiger partial charge is 0.360 e. The highest BCUT2D eigenvalue weighted by Gasteiger charge is 2.21. The van der Waals surface area contributed by atoms with Crippen molar-refractivity contribution in [3.63, 3.8) is 0 Å². The number of hydrogen-bond donors (Lipinski definition) is 3. The minimum Gasteiger partial charge on any atom is -0.476 e. The Bertz CT molecular complexity index is 1020. The van der Waals surface area contributed by atoms with Gasteiger partial charge in [0, 0.05) is 12.3 Å². The molecule has 10 nitrogen and oxygen atoms in total. The molecule has 3 rings (SSSR count). The molecule has 2 aromatic heterocycles. The lowest BCUT2D eigenvalue weighted by Crippen LogP contribution is -2.19. The standard InChI is InChI=1S/C13H9N5O5/c1-5-4-14-11(15-5)6-2-7-8(3-9(6)18(22)23)17-12(19)10(16-7)13(20)21/h2-4H,1H3,(H,14,15)(H,17,19)(H,20,21). The summed E-state index contributed by atoms with van der Waals surface area (Å²) < 4.78 is 0. The molecule has 0 aliphatic carbocycles. The number of aromatic amines is 2. The first-order valence-corrected chi connectivity index (χ1v) is 6.35. The van der Waals surface area contributed by atoms with Gasteiger partial charge in [0.05, 0.1) is 27.2 Å². The number of nitro benzene ring substituents is 1. The third-order valence-corrected chi connectivity index (χ3v) is 3.17. The Morgan fingerprint density at radius 1 is 1.35 bits per heavy atom. The molecular weight excluding hydrogens is 306 g/mol. The van der Waals surface area contributed by atoms with Gasteiger partial charge in [0.15, 0.2) is 0 Å². The Balaban J connectivity index is 2.36. The van der Waals surface area contributed by atoms with Crippen LogP contribution in [0.25, 0.3) is 22.4 Å². The number of carboxylic acids is 1. The van der Waals surface area contributed by atoms with Gasteiger partial charge < -0.3 is 15.1 Å². The summed E-state index contributed by atoms with van der Waals surface area (Å²) in [7, 11) is 0. The number of H-pyrrole nitrogens is 2. The average Bonchev–Trinajstić information content (AvgIpc) is 2.91. The fraction of sp³-hybridized carbons (Fsp3) is 0.0769. The van der Waals surface area contributed by atoms with Crippen molar-refractivity contribution < 1.29 is 14.8 Å². The van der Waals surface area contributed by atoms with Gasteiger partial charge in [0.1, 0.15) is 5.82 Å². The third kappa shape index (κ3) is 2.41. The number of aromatic nitrogens is 4. The number of hydrogen-bond acceptors (Lipinski definition) is 6. The van der Waals surface area contributed by atoms with E-state index in [2.05, 4.69) is 19.9 Å². The number of rotatable bonds is 3. The van der Waals surface area contributed by atoms with Crippen molar-refractivity contribution in [1.82, 2.24) is 19.9 Å². The first-order chi connectivity index (χ1) is 10.9. The highest BCUT2D eigenvalue weighted by molar-refractivity contribution is 5.90. The lowest BCUT2D eigenvalue weighted by Gasteiger charge is -2.04. The molecule has 23 heavy (non-hydrogen) atoms. The van der Waals surface area contributed by atoms with Gasteiger partial charge in [-0.15, -0.1) is 0 Å². The van der Waals surface area contributed by atoms with E-state index in [4.69, 9.17) is 5.11 Å². The van der Waals surface area contributed by atoms with E-state index in [1.807, 2.05) is 0 Å². The van der Waals surface area contributed by atoms with Crippen LogP contribution in [0.5, 0.6) is 0 Å². The Morgan fingerprint density at radius 2 is 2.09 bits per heavy atom. The summed E-state index contributed by atoms with van der Waals surface area (Å²) in [6.07, 6.45) is 1.58. The Hall–Kier alpha value is -3.56. The largest absolute Gasteiger partial charge is 0.476 e. The molecule has 0 atom stereocenters. The van der Waals surface area contributed by atoms with Gasteiger partial charge in [-0.25, -0.2) is 14.8 Å². The summed E-state index contributed by atoms with van der Waals surface area (Å²) in [5, 5.41) is 20.2.